The fourth-order valence-electron chi connectivity index (χ4n) is 3.84. The van der Waals surface area contributed by atoms with E-state index >= 15 is 0 Å². The van der Waals surface area contributed by atoms with E-state index in [4.69, 9.17) is 0 Å². The van der Waals surface area contributed by atoms with Crippen molar-refractivity contribution in [1.29, 1.82) is 0 Å². The number of piperazine rings is 1. The largest absolute Gasteiger partial charge is 0.377 e. The van der Waals surface area contributed by atoms with Crippen molar-refractivity contribution in [2.75, 3.05) is 44.6 Å². The lowest BCUT2D eigenvalue weighted by atomic mass is 10.1. The fourth-order valence-corrected chi connectivity index (χ4v) is 3.84. The van der Waals surface area contributed by atoms with E-state index in [1.807, 2.05) is 4.90 Å². The summed E-state index contributed by atoms with van der Waals surface area (Å²) >= 11 is 0. The molecular formula is C18H26ClN5O3. The van der Waals surface area contributed by atoms with E-state index in [1.165, 1.54) is 6.07 Å². The van der Waals surface area contributed by atoms with Gasteiger partial charge >= 0.3 is 0 Å². The first kappa shape index (κ1) is 19.9. The summed E-state index contributed by atoms with van der Waals surface area (Å²) in [5, 5.41) is 17.9. The van der Waals surface area contributed by atoms with E-state index in [2.05, 4.69) is 15.5 Å². The minimum Gasteiger partial charge on any atom is -0.377 e. The van der Waals surface area contributed by atoms with Gasteiger partial charge in [0.25, 0.3) is 11.6 Å². The highest BCUT2D eigenvalue weighted by molar-refractivity contribution is 5.96. The second kappa shape index (κ2) is 8.41. The van der Waals surface area contributed by atoms with Crippen molar-refractivity contribution in [2.45, 2.75) is 31.3 Å². The Hall–Kier alpha value is -1.90. The zero-order chi connectivity index (χ0) is 18.1. The number of hydrogen-bond donors (Lipinski definition) is 2. The molecule has 2 saturated heterocycles. The lowest BCUT2D eigenvalue weighted by molar-refractivity contribution is -0.384. The normalized spacial score (nSPS) is 23.0. The van der Waals surface area contributed by atoms with Crippen LogP contribution in [-0.2, 0) is 0 Å². The highest BCUT2D eigenvalue weighted by atomic mass is 35.5. The van der Waals surface area contributed by atoms with Crippen LogP contribution in [0.2, 0.25) is 0 Å². The molecule has 0 aromatic heterocycles. The van der Waals surface area contributed by atoms with Crippen LogP contribution in [0.4, 0.5) is 11.4 Å². The molecule has 3 aliphatic rings. The first-order chi connectivity index (χ1) is 12.6. The SMILES string of the molecule is Cl.O=C(c1ccc(NC2CC2)c([N+](=O)[O-])c1)N1CCC(N2CCNCC2)C1. The molecule has 1 aliphatic carbocycles. The Morgan fingerprint density at radius 2 is 1.93 bits per heavy atom. The number of likely N-dealkylation sites (tertiary alicyclic amines) is 1. The molecule has 148 valence electrons. The fraction of sp³-hybridized carbons (Fsp3) is 0.611. The summed E-state index contributed by atoms with van der Waals surface area (Å²) in [7, 11) is 0. The molecule has 27 heavy (non-hydrogen) atoms. The third-order valence-electron chi connectivity index (χ3n) is 5.50. The maximum Gasteiger partial charge on any atom is 0.293 e. The van der Waals surface area contributed by atoms with Crippen molar-refractivity contribution in [2.24, 2.45) is 0 Å². The number of amides is 1. The van der Waals surface area contributed by atoms with Crippen molar-refractivity contribution in [3.05, 3.63) is 33.9 Å². The lowest BCUT2D eigenvalue weighted by Crippen LogP contribution is -2.49. The van der Waals surface area contributed by atoms with Crippen LogP contribution in [0, 0.1) is 10.1 Å². The number of rotatable bonds is 5. The van der Waals surface area contributed by atoms with Gasteiger partial charge in [0.1, 0.15) is 5.69 Å². The van der Waals surface area contributed by atoms with Crippen molar-refractivity contribution >= 4 is 29.7 Å². The number of anilines is 1. The first-order valence-corrected chi connectivity index (χ1v) is 9.41. The maximum atomic E-state index is 12.8. The van der Waals surface area contributed by atoms with Crippen LogP contribution >= 0.6 is 12.4 Å². The van der Waals surface area contributed by atoms with E-state index in [9.17, 15) is 14.9 Å². The molecule has 1 saturated carbocycles. The Bertz CT molecular complexity index is 706. The Kier molecular flexibility index (Phi) is 6.18. The highest BCUT2D eigenvalue weighted by Gasteiger charge is 2.32. The van der Waals surface area contributed by atoms with Gasteiger partial charge in [-0.25, -0.2) is 0 Å². The van der Waals surface area contributed by atoms with Crippen molar-refractivity contribution in [3.8, 4) is 0 Å². The summed E-state index contributed by atoms with van der Waals surface area (Å²) in [5.41, 5.74) is 0.897. The van der Waals surface area contributed by atoms with Crippen LogP contribution in [0.15, 0.2) is 18.2 Å². The molecule has 0 spiro atoms. The minimum absolute atomic E-state index is 0. The van der Waals surface area contributed by atoms with Crippen LogP contribution in [0.5, 0.6) is 0 Å². The third-order valence-corrected chi connectivity index (χ3v) is 5.50. The molecule has 1 aromatic carbocycles. The van der Waals surface area contributed by atoms with Crippen LogP contribution in [0.1, 0.15) is 29.6 Å². The zero-order valence-corrected chi connectivity index (χ0v) is 16.0. The zero-order valence-electron chi connectivity index (χ0n) is 15.2. The Labute approximate surface area is 164 Å². The molecule has 8 nitrogen and oxygen atoms in total. The summed E-state index contributed by atoms with van der Waals surface area (Å²) in [6, 6.07) is 5.53. The predicted molar refractivity (Wildman–Crippen MR) is 106 cm³/mol. The standard InChI is InChI=1S/C18H25N5O3.ClH/c24-18(22-8-5-15(12-22)21-9-6-19-7-10-21)13-1-4-16(20-14-2-3-14)17(11-13)23(25)26;/h1,4,11,14-15,19-20H,2-3,5-10,12H2;1H. The number of nitro benzene ring substituents is 1. The average Bonchev–Trinajstić information content (AvgIpc) is 3.34. The summed E-state index contributed by atoms with van der Waals surface area (Å²) in [6.45, 7) is 5.43. The molecule has 3 fully saturated rings. The molecule has 2 aliphatic heterocycles. The van der Waals surface area contributed by atoms with E-state index < -0.39 is 4.92 Å². The van der Waals surface area contributed by atoms with Gasteiger partial charge < -0.3 is 15.5 Å². The molecule has 1 atom stereocenters. The van der Waals surface area contributed by atoms with Crippen molar-refractivity contribution in [1.82, 2.24) is 15.1 Å². The lowest BCUT2D eigenvalue weighted by Gasteiger charge is -2.32. The van der Waals surface area contributed by atoms with Gasteiger partial charge in [0.2, 0.25) is 0 Å². The van der Waals surface area contributed by atoms with Gasteiger partial charge in [-0.15, -0.1) is 12.4 Å². The topological polar surface area (TPSA) is 90.7 Å². The second-order valence-electron chi connectivity index (χ2n) is 7.39. The van der Waals surface area contributed by atoms with Gasteiger partial charge in [-0.2, -0.15) is 0 Å². The maximum absolute atomic E-state index is 12.8. The number of nitrogens with one attached hydrogen (secondary N) is 2. The molecule has 1 unspecified atom stereocenters. The number of hydrogen-bond acceptors (Lipinski definition) is 6. The average molecular weight is 396 g/mol. The predicted octanol–water partition coefficient (Wildman–Crippen LogP) is 1.71. The number of halogens is 1. The Morgan fingerprint density at radius 3 is 2.59 bits per heavy atom. The van der Waals surface area contributed by atoms with E-state index in [1.54, 1.807) is 12.1 Å². The molecule has 2 N–H and O–H groups in total. The van der Waals surface area contributed by atoms with E-state index in [0.29, 0.717) is 36.4 Å². The van der Waals surface area contributed by atoms with Crippen LogP contribution < -0.4 is 10.6 Å². The van der Waals surface area contributed by atoms with Gasteiger partial charge in [-0.05, 0) is 31.4 Å². The van der Waals surface area contributed by atoms with Gasteiger partial charge in [0, 0.05) is 63.0 Å². The van der Waals surface area contributed by atoms with Crippen LogP contribution in [-0.4, -0.2) is 72.0 Å². The molecule has 0 radical (unpaired) electrons. The second-order valence-corrected chi connectivity index (χ2v) is 7.39. The van der Waals surface area contributed by atoms with Crippen molar-refractivity contribution < 1.29 is 9.72 Å². The first-order valence-electron chi connectivity index (χ1n) is 9.41. The smallest absolute Gasteiger partial charge is 0.293 e. The van der Waals surface area contributed by atoms with Crippen LogP contribution in [0.25, 0.3) is 0 Å². The molecule has 0 bridgehead atoms. The number of nitrogens with zero attached hydrogens (tertiary/aromatic N) is 3. The summed E-state index contributed by atoms with van der Waals surface area (Å²) < 4.78 is 0. The highest BCUT2D eigenvalue weighted by Crippen LogP contribution is 2.32. The summed E-state index contributed by atoms with van der Waals surface area (Å²) in [5.74, 6) is -0.108. The van der Waals surface area contributed by atoms with Crippen LogP contribution in [0.3, 0.4) is 0 Å². The Balaban J connectivity index is 0.00000210. The quantitative estimate of drug-likeness (QED) is 0.582. The molecule has 2 heterocycles. The number of benzene rings is 1. The van der Waals surface area contributed by atoms with Gasteiger partial charge in [-0.3, -0.25) is 19.8 Å². The van der Waals surface area contributed by atoms with E-state index in [0.717, 1.165) is 45.4 Å². The Morgan fingerprint density at radius 1 is 1.19 bits per heavy atom. The molecular weight excluding hydrogens is 370 g/mol. The summed E-state index contributed by atoms with van der Waals surface area (Å²) in [6.07, 6.45) is 3.05. The molecule has 1 aromatic rings. The number of nitro groups is 1. The number of carbonyl (C=O) groups is 1. The van der Waals surface area contributed by atoms with Gasteiger partial charge in [-0.1, -0.05) is 0 Å². The molecule has 4 rings (SSSR count). The van der Waals surface area contributed by atoms with Gasteiger partial charge in [0.05, 0.1) is 4.92 Å². The van der Waals surface area contributed by atoms with E-state index in [-0.39, 0.29) is 24.0 Å². The van der Waals surface area contributed by atoms with Crippen molar-refractivity contribution in [3.63, 3.8) is 0 Å². The minimum atomic E-state index is -0.408. The third kappa shape index (κ3) is 4.51. The van der Waals surface area contributed by atoms with Gasteiger partial charge in [0.15, 0.2) is 0 Å². The number of carbonyl (C=O) groups excluding carboxylic acids is 1. The summed E-state index contributed by atoms with van der Waals surface area (Å²) in [4.78, 5) is 28.1. The molecule has 9 heteroatoms. The molecule has 1 amide bonds. The monoisotopic (exact) mass is 395 g/mol.